The van der Waals surface area contributed by atoms with Crippen molar-refractivity contribution in [1.29, 1.82) is 0 Å². The number of aromatic nitrogens is 2. The van der Waals surface area contributed by atoms with E-state index < -0.39 is 10.0 Å². The SMILES string of the molecule is CCCCn1cc(S(=O)(=O)N2CCN(c3ccc(C)cc3)CC2)c2cccnc21. The molecule has 4 rings (SSSR count). The lowest BCUT2D eigenvalue weighted by Gasteiger charge is -2.35. The lowest BCUT2D eigenvalue weighted by atomic mass is 10.2. The van der Waals surface area contributed by atoms with Gasteiger partial charge in [0.2, 0.25) is 10.0 Å². The van der Waals surface area contributed by atoms with Crippen LogP contribution >= 0.6 is 0 Å². The van der Waals surface area contributed by atoms with Gasteiger partial charge in [-0.3, -0.25) is 0 Å². The Labute approximate surface area is 172 Å². The van der Waals surface area contributed by atoms with Gasteiger partial charge >= 0.3 is 0 Å². The molecule has 0 bridgehead atoms. The number of anilines is 1. The number of unbranched alkanes of at least 4 members (excludes halogenated alkanes) is 1. The molecule has 0 unspecified atom stereocenters. The fourth-order valence-electron chi connectivity index (χ4n) is 3.88. The van der Waals surface area contributed by atoms with Gasteiger partial charge in [0.25, 0.3) is 0 Å². The summed E-state index contributed by atoms with van der Waals surface area (Å²) in [5.74, 6) is 0. The van der Waals surface area contributed by atoms with E-state index in [1.54, 1.807) is 22.8 Å². The van der Waals surface area contributed by atoms with Gasteiger partial charge in [0.1, 0.15) is 10.5 Å². The zero-order valence-corrected chi connectivity index (χ0v) is 17.9. The Kier molecular flexibility index (Phi) is 5.61. The molecule has 1 aliphatic rings. The van der Waals surface area contributed by atoms with Crippen LogP contribution < -0.4 is 4.90 Å². The summed E-state index contributed by atoms with van der Waals surface area (Å²) in [6.07, 6.45) is 5.54. The van der Waals surface area contributed by atoms with Crippen LogP contribution in [0, 0.1) is 6.92 Å². The van der Waals surface area contributed by atoms with Crippen LogP contribution in [0.15, 0.2) is 53.7 Å². The van der Waals surface area contributed by atoms with Crippen molar-refractivity contribution in [2.24, 2.45) is 0 Å². The van der Waals surface area contributed by atoms with E-state index in [1.807, 2.05) is 10.6 Å². The van der Waals surface area contributed by atoms with Crippen molar-refractivity contribution in [2.75, 3.05) is 31.1 Å². The van der Waals surface area contributed by atoms with Gasteiger partial charge in [-0.2, -0.15) is 4.31 Å². The molecule has 2 aromatic heterocycles. The van der Waals surface area contributed by atoms with E-state index in [0.717, 1.165) is 30.7 Å². The highest BCUT2D eigenvalue weighted by molar-refractivity contribution is 7.89. The van der Waals surface area contributed by atoms with E-state index in [4.69, 9.17) is 0 Å². The Morgan fingerprint density at radius 1 is 1.03 bits per heavy atom. The van der Waals surface area contributed by atoms with E-state index in [9.17, 15) is 8.42 Å². The summed E-state index contributed by atoms with van der Waals surface area (Å²) in [5, 5.41) is 0.713. The molecule has 3 aromatic rings. The zero-order valence-electron chi connectivity index (χ0n) is 17.1. The molecule has 0 spiro atoms. The fourth-order valence-corrected chi connectivity index (χ4v) is 5.50. The van der Waals surface area contributed by atoms with Crippen LogP contribution in [0.25, 0.3) is 11.0 Å². The van der Waals surface area contributed by atoms with Crippen molar-refractivity contribution in [3.63, 3.8) is 0 Å². The van der Waals surface area contributed by atoms with Gasteiger partial charge in [-0.1, -0.05) is 31.0 Å². The minimum absolute atomic E-state index is 0.375. The number of hydrogen-bond donors (Lipinski definition) is 0. The molecule has 0 N–H and O–H groups in total. The molecule has 7 heteroatoms. The Bertz CT molecular complexity index is 1080. The summed E-state index contributed by atoms with van der Waals surface area (Å²) >= 11 is 0. The Morgan fingerprint density at radius 3 is 2.45 bits per heavy atom. The van der Waals surface area contributed by atoms with Gasteiger partial charge in [0.05, 0.1) is 0 Å². The van der Waals surface area contributed by atoms with Gasteiger partial charge in [0, 0.05) is 56.2 Å². The highest BCUT2D eigenvalue weighted by Gasteiger charge is 2.31. The number of rotatable bonds is 6. The molecular formula is C22H28N4O2S. The first kappa shape index (κ1) is 19.9. The molecule has 1 fully saturated rings. The van der Waals surface area contributed by atoms with Gasteiger partial charge in [0.15, 0.2) is 0 Å². The normalized spacial score (nSPS) is 15.9. The van der Waals surface area contributed by atoms with Crippen molar-refractivity contribution in [1.82, 2.24) is 13.9 Å². The number of nitrogens with zero attached hydrogens (tertiary/aromatic N) is 4. The predicted octanol–water partition coefficient (Wildman–Crippen LogP) is 3.66. The summed E-state index contributed by atoms with van der Waals surface area (Å²) in [4.78, 5) is 7.07. The fraction of sp³-hybridized carbons (Fsp3) is 0.409. The highest BCUT2D eigenvalue weighted by Crippen LogP contribution is 2.28. The average Bonchev–Trinajstić information content (AvgIpc) is 3.12. The molecule has 6 nitrogen and oxygen atoms in total. The van der Waals surface area contributed by atoms with E-state index in [1.165, 1.54) is 5.56 Å². The highest BCUT2D eigenvalue weighted by atomic mass is 32.2. The maximum absolute atomic E-state index is 13.4. The number of piperazine rings is 1. The third kappa shape index (κ3) is 3.89. The quantitative estimate of drug-likeness (QED) is 0.620. The van der Waals surface area contributed by atoms with Gasteiger partial charge in [-0.05, 0) is 37.6 Å². The average molecular weight is 413 g/mol. The van der Waals surface area contributed by atoms with E-state index in [2.05, 4.69) is 48.0 Å². The maximum Gasteiger partial charge on any atom is 0.245 e. The number of aryl methyl sites for hydroxylation is 2. The monoisotopic (exact) mass is 412 g/mol. The predicted molar refractivity (Wildman–Crippen MR) is 117 cm³/mol. The van der Waals surface area contributed by atoms with Crippen LogP contribution in [-0.2, 0) is 16.6 Å². The Balaban J connectivity index is 1.57. The molecule has 0 saturated carbocycles. The van der Waals surface area contributed by atoms with Gasteiger partial charge in [-0.25, -0.2) is 13.4 Å². The molecule has 154 valence electrons. The first-order valence-electron chi connectivity index (χ1n) is 10.3. The molecule has 3 heterocycles. The van der Waals surface area contributed by atoms with Crippen LogP contribution in [0.3, 0.4) is 0 Å². The summed E-state index contributed by atoms with van der Waals surface area (Å²) in [6, 6.07) is 12.1. The third-order valence-electron chi connectivity index (χ3n) is 5.61. The minimum Gasteiger partial charge on any atom is -0.369 e. The summed E-state index contributed by atoms with van der Waals surface area (Å²) in [7, 11) is -3.56. The molecule has 29 heavy (non-hydrogen) atoms. The van der Waals surface area contributed by atoms with Gasteiger partial charge in [-0.15, -0.1) is 0 Å². The summed E-state index contributed by atoms with van der Waals surface area (Å²) in [6.45, 7) is 7.32. The lowest BCUT2D eigenvalue weighted by Crippen LogP contribution is -2.48. The van der Waals surface area contributed by atoms with Crippen LogP contribution in [0.4, 0.5) is 5.69 Å². The topological polar surface area (TPSA) is 58.4 Å². The largest absolute Gasteiger partial charge is 0.369 e. The first-order valence-corrected chi connectivity index (χ1v) is 11.7. The third-order valence-corrected chi connectivity index (χ3v) is 7.53. The van der Waals surface area contributed by atoms with Crippen LogP contribution in [-0.4, -0.2) is 48.5 Å². The molecule has 0 amide bonds. The smallest absolute Gasteiger partial charge is 0.245 e. The maximum atomic E-state index is 13.4. The molecule has 1 saturated heterocycles. The van der Waals surface area contributed by atoms with Crippen molar-refractivity contribution in [3.8, 4) is 0 Å². The molecule has 1 aromatic carbocycles. The van der Waals surface area contributed by atoms with Crippen molar-refractivity contribution < 1.29 is 8.42 Å². The minimum atomic E-state index is -3.56. The van der Waals surface area contributed by atoms with E-state index >= 15 is 0 Å². The molecule has 1 aliphatic heterocycles. The summed E-state index contributed by atoms with van der Waals surface area (Å²) < 4.78 is 30.5. The van der Waals surface area contributed by atoms with Crippen LogP contribution in [0.2, 0.25) is 0 Å². The number of fused-ring (bicyclic) bond motifs is 1. The second kappa shape index (κ2) is 8.16. The Hall–Kier alpha value is -2.38. The first-order chi connectivity index (χ1) is 14.0. The second-order valence-corrected chi connectivity index (χ2v) is 9.55. The zero-order chi connectivity index (χ0) is 20.4. The second-order valence-electron chi connectivity index (χ2n) is 7.64. The Morgan fingerprint density at radius 2 is 1.76 bits per heavy atom. The molecule has 0 atom stereocenters. The van der Waals surface area contributed by atoms with Crippen molar-refractivity contribution >= 4 is 26.7 Å². The van der Waals surface area contributed by atoms with Crippen molar-refractivity contribution in [3.05, 3.63) is 54.4 Å². The molecule has 0 radical (unpaired) electrons. The van der Waals surface area contributed by atoms with Crippen LogP contribution in [0.1, 0.15) is 25.3 Å². The number of sulfonamides is 1. The van der Waals surface area contributed by atoms with E-state index in [0.29, 0.717) is 36.5 Å². The van der Waals surface area contributed by atoms with Crippen molar-refractivity contribution in [2.45, 2.75) is 38.1 Å². The molecule has 0 aliphatic carbocycles. The van der Waals surface area contributed by atoms with E-state index in [-0.39, 0.29) is 0 Å². The van der Waals surface area contributed by atoms with Gasteiger partial charge < -0.3 is 9.47 Å². The number of pyridine rings is 1. The molecular weight excluding hydrogens is 384 g/mol. The lowest BCUT2D eigenvalue weighted by molar-refractivity contribution is 0.385. The number of benzene rings is 1. The summed E-state index contributed by atoms with van der Waals surface area (Å²) in [5.41, 5.74) is 3.12. The number of hydrogen-bond acceptors (Lipinski definition) is 4. The van der Waals surface area contributed by atoms with Crippen LogP contribution in [0.5, 0.6) is 0 Å². The standard InChI is InChI=1S/C22H28N4O2S/c1-3-4-12-25-17-21(20-6-5-11-23-22(20)25)29(27,28)26-15-13-24(14-16-26)19-9-7-18(2)8-10-19/h5-11,17H,3-4,12-16H2,1-2H3.